The normalized spacial score (nSPS) is 12.7. The van der Waals surface area contributed by atoms with Crippen molar-refractivity contribution in [3.05, 3.63) is 35.6 Å². The highest BCUT2D eigenvalue weighted by molar-refractivity contribution is 5.19. The van der Waals surface area contributed by atoms with E-state index in [0.717, 1.165) is 18.7 Å². The maximum absolute atomic E-state index is 12.7. The Labute approximate surface area is 90.4 Å². The van der Waals surface area contributed by atoms with Crippen LogP contribution in [0.25, 0.3) is 0 Å². The third kappa shape index (κ3) is 3.98. The summed E-state index contributed by atoms with van der Waals surface area (Å²) in [5.41, 5.74) is 1.01. The monoisotopic (exact) mass is 211 g/mol. The van der Waals surface area contributed by atoms with Gasteiger partial charge in [-0.05, 0) is 31.2 Å². The van der Waals surface area contributed by atoms with Crippen molar-refractivity contribution in [2.45, 2.75) is 20.0 Å². The first-order valence-corrected chi connectivity index (χ1v) is 5.35. The number of halogens is 1. The quantitative estimate of drug-likeness (QED) is 0.780. The lowest BCUT2D eigenvalue weighted by Crippen LogP contribution is -2.23. The van der Waals surface area contributed by atoms with Crippen LogP contribution >= 0.6 is 0 Å². The molecule has 3 heteroatoms. The number of benzene rings is 1. The zero-order valence-electron chi connectivity index (χ0n) is 9.29. The molecule has 84 valence electrons. The maximum Gasteiger partial charge on any atom is 0.123 e. The Morgan fingerprint density at radius 1 is 1.27 bits per heavy atom. The third-order valence-corrected chi connectivity index (χ3v) is 2.19. The second-order valence-electron chi connectivity index (χ2n) is 3.30. The Morgan fingerprint density at radius 2 is 1.93 bits per heavy atom. The Bertz CT molecular complexity index is 273. The lowest BCUT2D eigenvalue weighted by molar-refractivity contribution is 0.0627. The van der Waals surface area contributed by atoms with E-state index in [4.69, 9.17) is 4.74 Å². The second kappa shape index (κ2) is 6.53. The van der Waals surface area contributed by atoms with Crippen molar-refractivity contribution in [3.8, 4) is 0 Å². The van der Waals surface area contributed by atoms with Gasteiger partial charge in [0.15, 0.2) is 0 Å². The molecule has 1 aromatic carbocycles. The van der Waals surface area contributed by atoms with Crippen LogP contribution in [0.15, 0.2) is 24.3 Å². The minimum Gasteiger partial charge on any atom is -0.372 e. The van der Waals surface area contributed by atoms with Crippen molar-refractivity contribution in [1.82, 2.24) is 5.32 Å². The molecule has 0 aliphatic carbocycles. The van der Waals surface area contributed by atoms with E-state index in [0.29, 0.717) is 6.61 Å². The summed E-state index contributed by atoms with van der Waals surface area (Å²) in [4.78, 5) is 0. The molecule has 0 saturated heterocycles. The summed E-state index contributed by atoms with van der Waals surface area (Å²) in [5, 5.41) is 3.23. The fourth-order valence-electron chi connectivity index (χ4n) is 1.43. The molecule has 15 heavy (non-hydrogen) atoms. The van der Waals surface area contributed by atoms with Crippen molar-refractivity contribution in [2.24, 2.45) is 0 Å². The highest BCUT2D eigenvalue weighted by Gasteiger charge is 2.10. The Morgan fingerprint density at radius 3 is 2.47 bits per heavy atom. The van der Waals surface area contributed by atoms with Gasteiger partial charge in [0.1, 0.15) is 5.82 Å². The van der Waals surface area contributed by atoms with E-state index in [2.05, 4.69) is 5.32 Å². The molecule has 1 N–H and O–H groups in total. The molecule has 0 aliphatic heterocycles. The first-order chi connectivity index (χ1) is 7.27. The molecule has 1 unspecified atom stereocenters. The molecule has 0 aliphatic rings. The summed E-state index contributed by atoms with van der Waals surface area (Å²) in [5.74, 6) is -0.211. The second-order valence-corrected chi connectivity index (χ2v) is 3.30. The SMILES string of the molecule is CCNCC(OCC)c1ccc(F)cc1. The number of rotatable bonds is 6. The van der Waals surface area contributed by atoms with Crippen LogP contribution in [0.3, 0.4) is 0 Å². The van der Waals surface area contributed by atoms with Crippen LogP contribution < -0.4 is 5.32 Å². The first kappa shape index (κ1) is 12.1. The molecule has 1 aromatic rings. The molecule has 2 nitrogen and oxygen atoms in total. The average molecular weight is 211 g/mol. The molecule has 1 rings (SSSR count). The smallest absolute Gasteiger partial charge is 0.123 e. The number of likely N-dealkylation sites (N-methyl/N-ethyl adjacent to an activating group) is 1. The molecule has 0 radical (unpaired) electrons. The number of nitrogens with one attached hydrogen (secondary N) is 1. The van der Waals surface area contributed by atoms with E-state index in [-0.39, 0.29) is 11.9 Å². The molecule has 0 fully saturated rings. The molecule has 0 saturated carbocycles. The third-order valence-electron chi connectivity index (χ3n) is 2.19. The summed E-state index contributed by atoms with van der Waals surface area (Å²) >= 11 is 0. The van der Waals surface area contributed by atoms with Crippen LogP contribution in [0.4, 0.5) is 4.39 Å². The molecular formula is C12H18FNO. The highest BCUT2D eigenvalue weighted by Crippen LogP contribution is 2.16. The van der Waals surface area contributed by atoms with Gasteiger partial charge in [-0.25, -0.2) is 4.39 Å². The summed E-state index contributed by atoms with van der Waals surface area (Å²) in [6, 6.07) is 6.47. The zero-order chi connectivity index (χ0) is 11.1. The summed E-state index contributed by atoms with van der Waals surface area (Å²) < 4.78 is 18.3. The van der Waals surface area contributed by atoms with Crippen LogP contribution in [-0.4, -0.2) is 19.7 Å². The van der Waals surface area contributed by atoms with E-state index in [9.17, 15) is 4.39 Å². The predicted octanol–water partition coefficient (Wildman–Crippen LogP) is 2.51. The topological polar surface area (TPSA) is 21.3 Å². The van der Waals surface area contributed by atoms with Crippen LogP contribution in [-0.2, 0) is 4.74 Å². The molecule has 0 heterocycles. The van der Waals surface area contributed by atoms with Crippen LogP contribution in [0.2, 0.25) is 0 Å². The van der Waals surface area contributed by atoms with Gasteiger partial charge < -0.3 is 10.1 Å². The van der Waals surface area contributed by atoms with Gasteiger partial charge in [0.2, 0.25) is 0 Å². The summed E-state index contributed by atoms with van der Waals surface area (Å²) in [6.07, 6.45) is 0.00977. The van der Waals surface area contributed by atoms with Crippen molar-refractivity contribution in [3.63, 3.8) is 0 Å². The molecular weight excluding hydrogens is 193 g/mol. The van der Waals surface area contributed by atoms with Gasteiger partial charge in [-0.15, -0.1) is 0 Å². The lowest BCUT2D eigenvalue weighted by Gasteiger charge is -2.17. The molecule has 0 amide bonds. The predicted molar refractivity (Wildman–Crippen MR) is 59.3 cm³/mol. The van der Waals surface area contributed by atoms with Crippen molar-refractivity contribution < 1.29 is 9.13 Å². The largest absolute Gasteiger partial charge is 0.372 e. The molecule has 0 spiro atoms. The first-order valence-electron chi connectivity index (χ1n) is 5.35. The van der Waals surface area contributed by atoms with Crippen LogP contribution in [0.5, 0.6) is 0 Å². The number of hydrogen-bond donors (Lipinski definition) is 1. The lowest BCUT2D eigenvalue weighted by atomic mass is 10.1. The standard InChI is InChI=1S/C12H18FNO/c1-3-14-9-12(15-4-2)10-5-7-11(13)8-6-10/h5-8,12,14H,3-4,9H2,1-2H3. The number of hydrogen-bond acceptors (Lipinski definition) is 2. The fraction of sp³-hybridized carbons (Fsp3) is 0.500. The Balaban J connectivity index is 2.65. The van der Waals surface area contributed by atoms with E-state index < -0.39 is 0 Å². The van der Waals surface area contributed by atoms with E-state index in [1.54, 1.807) is 12.1 Å². The van der Waals surface area contributed by atoms with Gasteiger partial charge in [0.05, 0.1) is 6.10 Å². The van der Waals surface area contributed by atoms with E-state index in [1.807, 2.05) is 13.8 Å². The zero-order valence-corrected chi connectivity index (χ0v) is 9.29. The highest BCUT2D eigenvalue weighted by atomic mass is 19.1. The molecule has 1 atom stereocenters. The molecule has 0 aromatic heterocycles. The van der Waals surface area contributed by atoms with E-state index >= 15 is 0 Å². The number of ether oxygens (including phenoxy) is 1. The van der Waals surface area contributed by atoms with Crippen LogP contribution in [0.1, 0.15) is 25.5 Å². The van der Waals surface area contributed by atoms with Gasteiger partial charge in [-0.3, -0.25) is 0 Å². The average Bonchev–Trinajstić information content (AvgIpc) is 2.25. The summed E-state index contributed by atoms with van der Waals surface area (Å²) in [6.45, 7) is 6.34. The van der Waals surface area contributed by atoms with E-state index in [1.165, 1.54) is 12.1 Å². The Kier molecular flexibility index (Phi) is 5.29. The van der Waals surface area contributed by atoms with Gasteiger partial charge in [-0.1, -0.05) is 19.1 Å². The van der Waals surface area contributed by atoms with Gasteiger partial charge >= 0.3 is 0 Å². The van der Waals surface area contributed by atoms with Crippen LogP contribution in [0, 0.1) is 5.82 Å². The minimum absolute atomic E-state index is 0.00977. The van der Waals surface area contributed by atoms with Gasteiger partial charge in [0, 0.05) is 13.2 Å². The van der Waals surface area contributed by atoms with Crippen molar-refractivity contribution in [2.75, 3.05) is 19.7 Å². The van der Waals surface area contributed by atoms with Crippen molar-refractivity contribution >= 4 is 0 Å². The Hall–Kier alpha value is -0.930. The maximum atomic E-state index is 12.7. The summed E-state index contributed by atoms with van der Waals surface area (Å²) in [7, 11) is 0. The molecule has 0 bridgehead atoms. The van der Waals surface area contributed by atoms with Crippen molar-refractivity contribution in [1.29, 1.82) is 0 Å². The van der Waals surface area contributed by atoms with Gasteiger partial charge in [-0.2, -0.15) is 0 Å². The van der Waals surface area contributed by atoms with Gasteiger partial charge in [0.25, 0.3) is 0 Å². The minimum atomic E-state index is -0.211. The fourth-order valence-corrected chi connectivity index (χ4v) is 1.43.